The van der Waals surface area contributed by atoms with Crippen LogP contribution < -0.4 is 11.1 Å². The van der Waals surface area contributed by atoms with Crippen LogP contribution >= 0.6 is 0 Å². The van der Waals surface area contributed by atoms with Crippen LogP contribution in [0.25, 0.3) is 0 Å². The van der Waals surface area contributed by atoms with Crippen LogP contribution in [0.15, 0.2) is 0 Å². The van der Waals surface area contributed by atoms with E-state index in [1.807, 2.05) is 6.92 Å². The highest BCUT2D eigenvalue weighted by molar-refractivity contribution is 5.81. The molecular weight excluding hydrogens is 156 g/mol. The molecule has 0 bridgehead atoms. The van der Waals surface area contributed by atoms with Crippen molar-refractivity contribution in [3.63, 3.8) is 0 Å². The molecule has 0 saturated carbocycles. The number of carbonyl (C=O) groups excluding carboxylic acids is 1. The van der Waals surface area contributed by atoms with Crippen LogP contribution in [0.1, 0.15) is 19.8 Å². The van der Waals surface area contributed by atoms with Gasteiger partial charge in [-0.2, -0.15) is 0 Å². The second-order valence-corrected chi connectivity index (χ2v) is 2.68. The van der Waals surface area contributed by atoms with Gasteiger partial charge in [-0.15, -0.1) is 0 Å². The van der Waals surface area contributed by atoms with Gasteiger partial charge in [0.25, 0.3) is 0 Å². The summed E-state index contributed by atoms with van der Waals surface area (Å²) >= 11 is 0. The minimum absolute atomic E-state index is 0.0890. The van der Waals surface area contributed by atoms with Crippen molar-refractivity contribution in [2.75, 3.05) is 20.3 Å². The molecule has 0 aromatic heterocycles. The van der Waals surface area contributed by atoms with E-state index in [-0.39, 0.29) is 11.9 Å². The maximum atomic E-state index is 11.1. The van der Waals surface area contributed by atoms with Crippen molar-refractivity contribution in [3.8, 4) is 0 Å². The third-order valence-corrected chi connectivity index (χ3v) is 1.54. The van der Waals surface area contributed by atoms with Crippen LogP contribution in [-0.4, -0.2) is 32.2 Å². The SMILES string of the molecule is CCCC(N)C(=O)NCCOC. The number of methoxy groups -OCH3 is 1. The second kappa shape index (κ2) is 7.06. The van der Waals surface area contributed by atoms with Crippen molar-refractivity contribution < 1.29 is 9.53 Å². The van der Waals surface area contributed by atoms with E-state index in [2.05, 4.69) is 5.32 Å². The summed E-state index contributed by atoms with van der Waals surface area (Å²) < 4.78 is 4.78. The normalized spacial score (nSPS) is 12.6. The lowest BCUT2D eigenvalue weighted by Crippen LogP contribution is -2.41. The van der Waals surface area contributed by atoms with Gasteiger partial charge in [0.15, 0.2) is 0 Å². The molecule has 3 N–H and O–H groups in total. The zero-order valence-electron chi connectivity index (χ0n) is 7.80. The smallest absolute Gasteiger partial charge is 0.236 e. The van der Waals surface area contributed by atoms with Gasteiger partial charge in [0.05, 0.1) is 12.6 Å². The molecular formula is C8H18N2O2. The first-order chi connectivity index (χ1) is 5.72. The number of amides is 1. The number of nitrogens with one attached hydrogen (secondary N) is 1. The molecule has 0 aliphatic heterocycles. The summed E-state index contributed by atoms with van der Waals surface area (Å²) in [6.45, 7) is 3.07. The topological polar surface area (TPSA) is 64.4 Å². The lowest BCUT2D eigenvalue weighted by atomic mass is 10.2. The Bertz CT molecular complexity index is 128. The Labute approximate surface area is 73.5 Å². The molecule has 0 fully saturated rings. The predicted octanol–water partition coefficient (Wildman–Crippen LogP) is -0.124. The molecule has 0 saturated heterocycles. The largest absolute Gasteiger partial charge is 0.383 e. The molecule has 1 unspecified atom stereocenters. The Balaban J connectivity index is 3.43. The molecule has 4 heteroatoms. The number of nitrogens with two attached hydrogens (primary N) is 1. The maximum absolute atomic E-state index is 11.1. The van der Waals surface area contributed by atoms with Crippen molar-refractivity contribution >= 4 is 5.91 Å². The molecule has 0 aliphatic rings. The highest BCUT2D eigenvalue weighted by atomic mass is 16.5. The first-order valence-electron chi connectivity index (χ1n) is 4.24. The Kier molecular flexibility index (Phi) is 6.70. The number of carbonyl (C=O) groups is 1. The Morgan fingerprint density at radius 2 is 2.33 bits per heavy atom. The summed E-state index contributed by atoms with van der Waals surface area (Å²) in [5, 5.41) is 2.68. The minimum atomic E-state index is -0.369. The Morgan fingerprint density at radius 3 is 2.83 bits per heavy atom. The van der Waals surface area contributed by atoms with Crippen LogP contribution in [0, 0.1) is 0 Å². The van der Waals surface area contributed by atoms with E-state index in [1.54, 1.807) is 7.11 Å². The monoisotopic (exact) mass is 174 g/mol. The Morgan fingerprint density at radius 1 is 1.67 bits per heavy atom. The number of hydrogen-bond donors (Lipinski definition) is 2. The summed E-state index contributed by atoms with van der Waals surface area (Å²) in [4.78, 5) is 11.1. The van der Waals surface area contributed by atoms with Gasteiger partial charge in [0.2, 0.25) is 5.91 Å². The van der Waals surface area contributed by atoms with Crippen molar-refractivity contribution in [2.45, 2.75) is 25.8 Å². The quantitative estimate of drug-likeness (QED) is 0.552. The summed E-state index contributed by atoms with van der Waals surface area (Å²) in [6.07, 6.45) is 1.66. The molecule has 1 amide bonds. The van der Waals surface area contributed by atoms with E-state index in [1.165, 1.54) is 0 Å². The van der Waals surface area contributed by atoms with Gasteiger partial charge in [0, 0.05) is 13.7 Å². The van der Waals surface area contributed by atoms with E-state index >= 15 is 0 Å². The third kappa shape index (κ3) is 5.09. The number of ether oxygens (including phenoxy) is 1. The van der Waals surface area contributed by atoms with Crippen molar-refractivity contribution in [2.24, 2.45) is 5.73 Å². The summed E-state index contributed by atoms with van der Waals surface area (Å²) in [6, 6.07) is -0.369. The first-order valence-corrected chi connectivity index (χ1v) is 4.24. The van der Waals surface area contributed by atoms with Crippen LogP contribution in [0.5, 0.6) is 0 Å². The lowest BCUT2D eigenvalue weighted by Gasteiger charge is -2.10. The number of rotatable bonds is 6. The van der Waals surface area contributed by atoms with Gasteiger partial charge in [-0.05, 0) is 6.42 Å². The third-order valence-electron chi connectivity index (χ3n) is 1.54. The molecule has 0 radical (unpaired) electrons. The molecule has 0 aliphatic carbocycles. The van der Waals surface area contributed by atoms with Crippen LogP contribution in [-0.2, 0) is 9.53 Å². The first kappa shape index (κ1) is 11.4. The second-order valence-electron chi connectivity index (χ2n) is 2.68. The highest BCUT2D eigenvalue weighted by Gasteiger charge is 2.10. The van der Waals surface area contributed by atoms with Crippen LogP contribution in [0.4, 0.5) is 0 Å². The van der Waals surface area contributed by atoms with Gasteiger partial charge in [-0.1, -0.05) is 13.3 Å². The van der Waals surface area contributed by atoms with Crippen molar-refractivity contribution in [1.82, 2.24) is 5.32 Å². The van der Waals surface area contributed by atoms with Crippen LogP contribution in [0.3, 0.4) is 0 Å². The fourth-order valence-electron chi connectivity index (χ4n) is 0.849. The summed E-state index contributed by atoms with van der Waals surface area (Å²) in [7, 11) is 1.60. The molecule has 4 nitrogen and oxygen atoms in total. The minimum Gasteiger partial charge on any atom is -0.383 e. The molecule has 0 aromatic rings. The zero-order valence-corrected chi connectivity index (χ0v) is 7.80. The summed E-state index contributed by atoms with van der Waals surface area (Å²) in [5.41, 5.74) is 5.56. The van der Waals surface area contributed by atoms with E-state index in [4.69, 9.17) is 10.5 Å². The van der Waals surface area contributed by atoms with Crippen LogP contribution in [0.2, 0.25) is 0 Å². The average molecular weight is 174 g/mol. The average Bonchev–Trinajstić information content (AvgIpc) is 2.05. The molecule has 0 aromatic carbocycles. The van der Waals surface area contributed by atoms with E-state index < -0.39 is 0 Å². The molecule has 12 heavy (non-hydrogen) atoms. The molecule has 0 heterocycles. The zero-order chi connectivity index (χ0) is 9.40. The Hall–Kier alpha value is -0.610. The molecule has 1 atom stereocenters. The van der Waals surface area contributed by atoms with Crippen molar-refractivity contribution in [3.05, 3.63) is 0 Å². The predicted molar refractivity (Wildman–Crippen MR) is 47.8 cm³/mol. The van der Waals surface area contributed by atoms with E-state index in [9.17, 15) is 4.79 Å². The van der Waals surface area contributed by atoms with Gasteiger partial charge in [-0.25, -0.2) is 0 Å². The molecule has 0 spiro atoms. The van der Waals surface area contributed by atoms with E-state index in [0.717, 1.165) is 12.8 Å². The number of hydrogen-bond acceptors (Lipinski definition) is 3. The van der Waals surface area contributed by atoms with Crippen molar-refractivity contribution in [1.29, 1.82) is 0 Å². The fraction of sp³-hybridized carbons (Fsp3) is 0.875. The maximum Gasteiger partial charge on any atom is 0.236 e. The molecule has 0 rings (SSSR count). The summed E-state index contributed by atoms with van der Waals surface area (Å²) in [5.74, 6) is -0.0890. The van der Waals surface area contributed by atoms with Gasteiger partial charge in [-0.3, -0.25) is 4.79 Å². The standard InChI is InChI=1S/C8H18N2O2/c1-3-4-7(9)8(11)10-5-6-12-2/h7H,3-6,9H2,1-2H3,(H,10,11). The van der Waals surface area contributed by atoms with Gasteiger partial charge in [0.1, 0.15) is 0 Å². The lowest BCUT2D eigenvalue weighted by molar-refractivity contribution is -0.122. The van der Waals surface area contributed by atoms with Gasteiger partial charge >= 0.3 is 0 Å². The fourth-order valence-corrected chi connectivity index (χ4v) is 0.849. The highest BCUT2D eigenvalue weighted by Crippen LogP contribution is 1.92. The molecule has 72 valence electrons. The van der Waals surface area contributed by atoms with E-state index in [0.29, 0.717) is 13.2 Å². The van der Waals surface area contributed by atoms with Gasteiger partial charge < -0.3 is 15.8 Å².